The Bertz CT molecular complexity index is 1190. The van der Waals surface area contributed by atoms with Gasteiger partial charge in [-0.15, -0.1) is 0 Å². The van der Waals surface area contributed by atoms with Gasteiger partial charge in [-0.05, 0) is 55.0 Å². The second-order valence-electron chi connectivity index (χ2n) is 6.79. The maximum atomic E-state index is 12.7. The molecule has 0 aliphatic carbocycles. The van der Waals surface area contributed by atoms with Crippen molar-refractivity contribution in [3.05, 3.63) is 93.2 Å². The molecule has 2 heterocycles. The Hall–Kier alpha value is -2.87. The number of carbonyl (C=O) groups excluding carboxylic acids is 2. The summed E-state index contributed by atoms with van der Waals surface area (Å²) < 4.78 is 11.2. The van der Waals surface area contributed by atoms with E-state index in [0.29, 0.717) is 26.1 Å². The highest BCUT2D eigenvalue weighted by molar-refractivity contribution is 8.26. The van der Waals surface area contributed by atoms with Gasteiger partial charge < -0.3 is 9.15 Å². The Labute approximate surface area is 193 Å². The van der Waals surface area contributed by atoms with Crippen LogP contribution in [0.2, 0.25) is 5.02 Å². The molecule has 0 bridgehead atoms. The number of rotatable bonds is 5. The summed E-state index contributed by atoms with van der Waals surface area (Å²) in [7, 11) is 0. The summed E-state index contributed by atoms with van der Waals surface area (Å²) in [6.45, 7) is 2.22. The first kappa shape index (κ1) is 21.4. The third-order valence-electron chi connectivity index (χ3n) is 4.51. The molecular formula is C23H16ClNO4S2. The van der Waals surface area contributed by atoms with Crippen molar-refractivity contribution < 1.29 is 18.7 Å². The first-order chi connectivity index (χ1) is 14.9. The number of thiocarbonyl (C=S) groups is 1. The van der Waals surface area contributed by atoms with Crippen molar-refractivity contribution in [2.24, 2.45) is 0 Å². The molecular weight excluding hydrogens is 454 g/mol. The first-order valence-corrected chi connectivity index (χ1v) is 10.9. The Kier molecular flexibility index (Phi) is 6.27. The number of aryl methyl sites for hydroxylation is 1. The standard InChI is InChI=1S/C23H16ClNO4S2/c1-14-4-7-16(8-5-14)22(27)29-19-9-6-15(11-18(19)24)12-20-21(26)25(23(30)31-20)13-17-3-2-10-28-17/h2-12H,13H2,1H3/b20-12-. The number of ether oxygens (including phenoxy) is 1. The van der Waals surface area contributed by atoms with Crippen LogP contribution in [0.5, 0.6) is 5.75 Å². The van der Waals surface area contributed by atoms with E-state index in [0.717, 1.165) is 5.56 Å². The Morgan fingerprint density at radius 2 is 2.00 bits per heavy atom. The lowest BCUT2D eigenvalue weighted by molar-refractivity contribution is -0.122. The molecule has 0 saturated carbocycles. The molecule has 1 aliphatic rings. The van der Waals surface area contributed by atoms with Crippen LogP contribution in [-0.2, 0) is 11.3 Å². The minimum Gasteiger partial charge on any atom is -0.467 e. The molecule has 1 saturated heterocycles. The van der Waals surface area contributed by atoms with Crippen LogP contribution in [0.3, 0.4) is 0 Å². The van der Waals surface area contributed by atoms with E-state index in [-0.39, 0.29) is 23.2 Å². The Morgan fingerprint density at radius 1 is 1.23 bits per heavy atom. The third-order valence-corrected chi connectivity index (χ3v) is 6.18. The van der Waals surface area contributed by atoms with E-state index in [1.807, 2.05) is 19.1 Å². The molecule has 0 atom stereocenters. The molecule has 0 unspecified atom stereocenters. The van der Waals surface area contributed by atoms with E-state index in [1.54, 1.807) is 54.8 Å². The summed E-state index contributed by atoms with van der Waals surface area (Å²) in [5, 5.41) is 0.264. The van der Waals surface area contributed by atoms with E-state index < -0.39 is 5.97 Å². The average Bonchev–Trinajstić information content (AvgIpc) is 3.35. The van der Waals surface area contributed by atoms with Crippen molar-refractivity contribution in [3.8, 4) is 5.75 Å². The number of esters is 1. The first-order valence-electron chi connectivity index (χ1n) is 9.27. The maximum Gasteiger partial charge on any atom is 0.343 e. The summed E-state index contributed by atoms with van der Waals surface area (Å²) in [6.07, 6.45) is 3.26. The molecule has 1 aromatic heterocycles. The average molecular weight is 470 g/mol. The van der Waals surface area contributed by atoms with Gasteiger partial charge >= 0.3 is 5.97 Å². The van der Waals surface area contributed by atoms with Gasteiger partial charge in [-0.3, -0.25) is 9.69 Å². The third kappa shape index (κ3) is 4.90. The molecule has 5 nitrogen and oxygen atoms in total. The number of benzene rings is 2. The minimum absolute atomic E-state index is 0.197. The summed E-state index contributed by atoms with van der Waals surface area (Å²) in [5.41, 5.74) is 2.18. The molecule has 0 radical (unpaired) electrons. The molecule has 3 aromatic rings. The van der Waals surface area contributed by atoms with Gasteiger partial charge in [-0.2, -0.15) is 0 Å². The monoisotopic (exact) mass is 469 g/mol. The fraction of sp³-hybridized carbons (Fsp3) is 0.0870. The predicted octanol–water partition coefficient (Wildman–Crippen LogP) is 5.86. The normalized spacial score (nSPS) is 15.0. The molecule has 4 rings (SSSR count). The Morgan fingerprint density at radius 3 is 2.68 bits per heavy atom. The topological polar surface area (TPSA) is 59.8 Å². The second-order valence-corrected chi connectivity index (χ2v) is 8.88. The zero-order chi connectivity index (χ0) is 22.0. The van der Waals surface area contributed by atoms with Gasteiger partial charge in [-0.1, -0.05) is 59.3 Å². The van der Waals surface area contributed by atoms with Crippen molar-refractivity contribution in [1.82, 2.24) is 4.90 Å². The smallest absolute Gasteiger partial charge is 0.343 e. The molecule has 8 heteroatoms. The number of hydrogen-bond acceptors (Lipinski definition) is 6. The van der Waals surface area contributed by atoms with Crippen LogP contribution >= 0.6 is 35.6 Å². The van der Waals surface area contributed by atoms with Crippen molar-refractivity contribution in [2.75, 3.05) is 0 Å². The van der Waals surface area contributed by atoms with Gasteiger partial charge in [0.05, 0.1) is 28.3 Å². The van der Waals surface area contributed by atoms with Crippen LogP contribution in [0.4, 0.5) is 0 Å². The second kappa shape index (κ2) is 9.09. The van der Waals surface area contributed by atoms with Crippen LogP contribution in [0.15, 0.2) is 70.2 Å². The maximum absolute atomic E-state index is 12.7. The van der Waals surface area contributed by atoms with E-state index in [2.05, 4.69) is 0 Å². The van der Waals surface area contributed by atoms with Crippen molar-refractivity contribution in [3.63, 3.8) is 0 Å². The van der Waals surface area contributed by atoms with E-state index in [4.69, 9.17) is 33.0 Å². The lowest BCUT2D eigenvalue weighted by atomic mass is 10.1. The lowest BCUT2D eigenvalue weighted by Gasteiger charge is -2.12. The van der Waals surface area contributed by atoms with Crippen molar-refractivity contribution in [2.45, 2.75) is 13.5 Å². The molecule has 31 heavy (non-hydrogen) atoms. The van der Waals surface area contributed by atoms with E-state index >= 15 is 0 Å². The van der Waals surface area contributed by atoms with E-state index in [1.165, 1.54) is 16.7 Å². The van der Waals surface area contributed by atoms with Crippen LogP contribution in [-0.4, -0.2) is 21.1 Å². The van der Waals surface area contributed by atoms with E-state index in [9.17, 15) is 9.59 Å². The molecule has 0 spiro atoms. The number of nitrogens with zero attached hydrogens (tertiary/aromatic N) is 1. The molecule has 0 N–H and O–H groups in total. The minimum atomic E-state index is -0.492. The van der Waals surface area contributed by atoms with Crippen molar-refractivity contribution in [1.29, 1.82) is 0 Å². The zero-order valence-corrected chi connectivity index (χ0v) is 18.7. The number of amides is 1. The quantitative estimate of drug-likeness (QED) is 0.202. The number of thioether (sulfide) groups is 1. The fourth-order valence-corrected chi connectivity index (χ4v) is 4.37. The molecule has 156 valence electrons. The Balaban J connectivity index is 1.48. The van der Waals surface area contributed by atoms with Gasteiger partial charge in [0.25, 0.3) is 5.91 Å². The highest BCUT2D eigenvalue weighted by Crippen LogP contribution is 2.35. The lowest BCUT2D eigenvalue weighted by Crippen LogP contribution is -2.27. The summed E-state index contributed by atoms with van der Waals surface area (Å²) in [4.78, 5) is 27.0. The van der Waals surface area contributed by atoms with Gasteiger partial charge in [-0.25, -0.2) is 4.79 Å². The molecule has 1 aliphatic heterocycles. The van der Waals surface area contributed by atoms with Gasteiger partial charge in [0.2, 0.25) is 0 Å². The van der Waals surface area contributed by atoms with Crippen LogP contribution in [0.25, 0.3) is 6.08 Å². The highest BCUT2D eigenvalue weighted by Gasteiger charge is 2.32. The van der Waals surface area contributed by atoms with Gasteiger partial charge in [0.15, 0.2) is 0 Å². The van der Waals surface area contributed by atoms with Gasteiger partial charge in [0.1, 0.15) is 15.8 Å². The van der Waals surface area contributed by atoms with Crippen molar-refractivity contribution >= 4 is 57.9 Å². The SMILES string of the molecule is Cc1ccc(C(=O)Oc2ccc(/C=C3\SC(=S)N(Cc4ccco4)C3=O)cc2Cl)cc1. The zero-order valence-electron chi connectivity index (χ0n) is 16.3. The summed E-state index contributed by atoms with van der Waals surface area (Å²) >= 11 is 12.9. The predicted molar refractivity (Wildman–Crippen MR) is 125 cm³/mol. The number of carbonyl (C=O) groups is 2. The van der Waals surface area contributed by atoms with Crippen LogP contribution in [0, 0.1) is 6.92 Å². The summed E-state index contributed by atoms with van der Waals surface area (Å²) in [5.74, 6) is 0.209. The molecule has 2 aromatic carbocycles. The molecule has 1 fully saturated rings. The fourth-order valence-electron chi connectivity index (χ4n) is 2.88. The number of hydrogen-bond donors (Lipinski definition) is 0. The van der Waals surface area contributed by atoms with Crippen LogP contribution in [0.1, 0.15) is 27.2 Å². The van der Waals surface area contributed by atoms with Gasteiger partial charge in [0, 0.05) is 0 Å². The van der Waals surface area contributed by atoms with Crippen LogP contribution < -0.4 is 4.74 Å². The highest BCUT2D eigenvalue weighted by atomic mass is 35.5. The summed E-state index contributed by atoms with van der Waals surface area (Å²) in [6, 6.07) is 15.6. The molecule has 1 amide bonds. The largest absolute Gasteiger partial charge is 0.467 e. The number of halogens is 1. The number of furan rings is 1.